The lowest BCUT2D eigenvalue weighted by atomic mass is 9.70. The molecule has 2 saturated carbocycles. The Labute approximate surface area is 138 Å². The van der Waals surface area contributed by atoms with Crippen LogP contribution in [-0.2, 0) is 18.9 Å². The van der Waals surface area contributed by atoms with E-state index in [0.29, 0.717) is 41.8 Å². The summed E-state index contributed by atoms with van der Waals surface area (Å²) in [5, 5.41) is 0. The van der Waals surface area contributed by atoms with Crippen molar-refractivity contribution in [1.82, 2.24) is 0 Å². The van der Waals surface area contributed by atoms with Crippen LogP contribution in [0.2, 0.25) is 0 Å². The van der Waals surface area contributed by atoms with Crippen molar-refractivity contribution >= 4 is 13.5 Å². The van der Waals surface area contributed by atoms with Gasteiger partial charge in [-0.15, -0.1) is 0 Å². The van der Waals surface area contributed by atoms with Gasteiger partial charge >= 0.3 is 13.5 Å². The number of rotatable bonds is 5. The van der Waals surface area contributed by atoms with E-state index >= 15 is 0 Å². The largest absolute Gasteiger partial charge is 0.454 e. The fraction of sp³-hybridized carbons (Fsp3) is 0.722. The van der Waals surface area contributed by atoms with Gasteiger partial charge in [-0.1, -0.05) is 19.1 Å². The third-order valence-corrected chi connectivity index (χ3v) is 6.22. The average molecular weight is 315 g/mol. The smallest absolute Gasteiger partial charge is 0.333 e. The van der Waals surface area contributed by atoms with E-state index in [0.717, 1.165) is 12.8 Å². The molecule has 4 aliphatic rings. The van der Waals surface area contributed by atoms with Crippen LogP contribution in [0.5, 0.6) is 0 Å². The Hall–Kier alpha value is -1.07. The first-order chi connectivity index (χ1) is 11.1. The van der Waals surface area contributed by atoms with E-state index in [1.807, 2.05) is 14.4 Å². The highest BCUT2D eigenvalue weighted by Crippen LogP contribution is 2.59. The summed E-state index contributed by atoms with van der Waals surface area (Å²) in [7, 11) is 3.50. The zero-order chi connectivity index (χ0) is 16.1. The minimum absolute atomic E-state index is 0.0939. The molecule has 0 aromatic heterocycles. The van der Waals surface area contributed by atoms with Crippen LogP contribution in [0.1, 0.15) is 32.6 Å². The molecule has 2 bridgehead atoms. The van der Waals surface area contributed by atoms with Crippen LogP contribution in [0.15, 0.2) is 23.8 Å². The van der Waals surface area contributed by atoms with Crippen molar-refractivity contribution in [2.75, 3.05) is 7.11 Å². The summed E-state index contributed by atoms with van der Waals surface area (Å²) in [6, 6.07) is 0.143. The number of carbonyl (C=O) groups is 1. The molecule has 1 heterocycles. The maximum atomic E-state index is 12.1. The van der Waals surface area contributed by atoms with Gasteiger partial charge in [0.15, 0.2) is 0 Å². The number of hydrogen-bond donors (Lipinski definition) is 0. The van der Waals surface area contributed by atoms with E-state index in [-0.39, 0.29) is 18.1 Å². The Kier molecular flexibility index (Phi) is 3.89. The SMILES string of the molecule is C=C(CC)C(=O)OC1C=C2CC3CC4C([B]OC)OC4C3C1C2. The van der Waals surface area contributed by atoms with E-state index in [1.165, 1.54) is 12.0 Å². The van der Waals surface area contributed by atoms with Gasteiger partial charge in [0.1, 0.15) is 6.10 Å². The zero-order valence-corrected chi connectivity index (χ0v) is 13.9. The van der Waals surface area contributed by atoms with E-state index in [4.69, 9.17) is 14.1 Å². The average Bonchev–Trinajstić information content (AvgIpc) is 3.00. The molecular formula is C18H24BO4. The number of carbonyl (C=O) groups excluding carboxylic acids is 1. The monoisotopic (exact) mass is 315 g/mol. The summed E-state index contributed by atoms with van der Waals surface area (Å²) in [6.07, 6.45) is 6.45. The molecule has 7 unspecified atom stereocenters. The topological polar surface area (TPSA) is 44.8 Å². The van der Waals surface area contributed by atoms with Gasteiger partial charge in [0.25, 0.3) is 0 Å². The van der Waals surface area contributed by atoms with Gasteiger partial charge in [-0.05, 0) is 43.6 Å². The van der Waals surface area contributed by atoms with E-state index in [1.54, 1.807) is 7.11 Å². The number of fused-ring (bicyclic) bond motifs is 6. The van der Waals surface area contributed by atoms with Gasteiger partial charge < -0.3 is 14.1 Å². The first-order valence-corrected chi connectivity index (χ1v) is 8.72. The van der Waals surface area contributed by atoms with Gasteiger partial charge in [-0.3, -0.25) is 0 Å². The quantitative estimate of drug-likeness (QED) is 0.338. The van der Waals surface area contributed by atoms with Crippen LogP contribution in [-0.4, -0.2) is 38.8 Å². The zero-order valence-electron chi connectivity index (χ0n) is 13.9. The first kappa shape index (κ1) is 15.5. The van der Waals surface area contributed by atoms with E-state index in [2.05, 4.69) is 12.7 Å². The Morgan fingerprint density at radius 1 is 1.43 bits per heavy atom. The van der Waals surface area contributed by atoms with Crippen molar-refractivity contribution in [3.63, 3.8) is 0 Å². The molecule has 123 valence electrons. The molecule has 0 aromatic rings. The van der Waals surface area contributed by atoms with Crippen molar-refractivity contribution in [3.8, 4) is 0 Å². The lowest BCUT2D eigenvalue weighted by Gasteiger charge is -2.45. The predicted octanol–water partition coefficient (Wildman–Crippen LogP) is 2.46. The molecule has 1 radical (unpaired) electrons. The molecule has 5 heteroatoms. The van der Waals surface area contributed by atoms with Gasteiger partial charge in [0, 0.05) is 24.5 Å². The lowest BCUT2D eigenvalue weighted by Crippen LogP contribution is -2.53. The second-order valence-electron chi connectivity index (χ2n) is 7.40. The summed E-state index contributed by atoms with van der Waals surface area (Å²) >= 11 is 0. The number of hydrogen-bond acceptors (Lipinski definition) is 4. The summed E-state index contributed by atoms with van der Waals surface area (Å²) < 4.78 is 17.0. The first-order valence-electron chi connectivity index (χ1n) is 8.72. The molecule has 0 spiro atoms. The molecule has 4 rings (SSSR count). The fourth-order valence-corrected chi connectivity index (χ4v) is 5.14. The maximum absolute atomic E-state index is 12.1. The van der Waals surface area contributed by atoms with Crippen molar-refractivity contribution in [2.45, 2.75) is 50.8 Å². The summed E-state index contributed by atoms with van der Waals surface area (Å²) in [6.45, 7) is 5.73. The second kappa shape index (κ2) is 5.78. The maximum Gasteiger partial charge on any atom is 0.333 e. The number of allylic oxidation sites excluding steroid dienone is 1. The molecule has 7 atom stereocenters. The third kappa shape index (κ3) is 2.40. The number of ether oxygens (including phenoxy) is 2. The molecule has 1 saturated heterocycles. The van der Waals surface area contributed by atoms with Crippen molar-refractivity contribution in [3.05, 3.63) is 23.8 Å². The van der Waals surface area contributed by atoms with Gasteiger partial charge in [-0.25, -0.2) is 4.79 Å². The Bertz CT molecular complexity index is 557. The molecular weight excluding hydrogens is 291 g/mol. The van der Waals surface area contributed by atoms with Crippen molar-refractivity contribution in [2.24, 2.45) is 23.7 Å². The minimum atomic E-state index is -0.242. The Balaban J connectivity index is 1.47. The van der Waals surface area contributed by atoms with Crippen LogP contribution in [0.4, 0.5) is 0 Å². The van der Waals surface area contributed by atoms with E-state index < -0.39 is 0 Å². The molecule has 0 aromatic carbocycles. The van der Waals surface area contributed by atoms with Crippen LogP contribution in [0.25, 0.3) is 0 Å². The standard InChI is InChI=1S/C18H24BO4/c1-4-9(2)18(20)22-14-7-10-5-11-8-13-16(15(11)12(14)6-10)23-17(13)19-21-3/h7,11-17H,2,4-6,8H2,1,3H3. The predicted molar refractivity (Wildman–Crippen MR) is 86.6 cm³/mol. The van der Waals surface area contributed by atoms with Crippen LogP contribution < -0.4 is 0 Å². The molecule has 0 amide bonds. The highest BCUT2D eigenvalue weighted by Gasteiger charge is 2.60. The third-order valence-electron chi connectivity index (χ3n) is 6.22. The second-order valence-corrected chi connectivity index (χ2v) is 7.40. The molecule has 1 aliphatic heterocycles. The van der Waals surface area contributed by atoms with Gasteiger partial charge in [0.05, 0.1) is 12.1 Å². The van der Waals surface area contributed by atoms with Crippen LogP contribution in [0.3, 0.4) is 0 Å². The fourth-order valence-electron chi connectivity index (χ4n) is 5.14. The van der Waals surface area contributed by atoms with Crippen LogP contribution in [0, 0.1) is 23.7 Å². The molecule has 3 fully saturated rings. The molecule has 0 N–H and O–H groups in total. The number of esters is 1. The van der Waals surface area contributed by atoms with Gasteiger partial charge in [0.2, 0.25) is 0 Å². The summed E-state index contributed by atoms with van der Waals surface area (Å²) in [5.41, 5.74) is 2.02. The Morgan fingerprint density at radius 2 is 2.26 bits per heavy atom. The van der Waals surface area contributed by atoms with Crippen molar-refractivity contribution < 1.29 is 18.9 Å². The normalized spacial score (nSPS) is 43.0. The summed E-state index contributed by atoms with van der Waals surface area (Å²) in [5.74, 6) is 1.90. The van der Waals surface area contributed by atoms with Gasteiger partial charge in [-0.2, -0.15) is 0 Å². The molecule has 4 nitrogen and oxygen atoms in total. The van der Waals surface area contributed by atoms with Crippen molar-refractivity contribution in [1.29, 1.82) is 0 Å². The van der Waals surface area contributed by atoms with E-state index in [9.17, 15) is 4.79 Å². The highest BCUT2D eigenvalue weighted by atomic mass is 16.5. The summed E-state index contributed by atoms with van der Waals surface area (Å²) in [4.78, 5) is 12.1. The molecule has 3 aliphatic carbocycles. The lowest BCUT2D eigenvalue weighted by molar-refractivity contribution is -0.167. The molecule has 23 heavy (non-hydrogen) atoms. The Morgan fingerprint density at radius 3 is 3.00 bits per heavy atom. The highest BCUT2D eigenvalue weighted by molar-refractivity contribution is 6.29. The minimum Gasteiger partial charge on any atom is -0.454 e. The van der Waals surface area contributed by atoms with Crippen LogP contribution >= 0.6 is 0 Å².